The number of amides is 1. The maximum atomic E-state index is 14.1. The minimum atomic E-state index is -0.887. The van der Waals surface area contributed by atoms with Crippen LogP contribution < -0.4 is 15.0 Å². The highest BCUT2D eigenvalue weighted by Gasteiger charge is 2.37. The van der Waals surface area contributed by atoms with Crippen LogP contribution in [0.25, 0.3) is 0 Å². The Morgan fingerprint density at radius 2 is 1.74 bits per heavy atom. The van der Waals surface area contributed by atoms with Gasteiger partial charge in [0.15, 0.2) is 11.5 Å². The summed E-state index contributed by atoms with van der Waals surface area (Å²) >= 11 is 7.02. The molecule has 2 atom stereocenters. The van der Waals surface area contributed by atoms with Gasteiger partial charge in [0, 0.05) is 35.8 Å². The zero-order valence-corrected chi connectivity index (χ0v) is 21.5. The molecule has 2 aromatic rings. The van der Waals surface area contributed by atoms with Crippen LogP contribution in [0.2, 0.25) is 0 Å². The van der Waals surface area contributed by atoms with E-state index in [-0.39, 0.29) is 17.5 Å². The van der Waals surface area contributed by atoms with Gasteiger partial charge in [-0.05, 0) is 84.3 Å². The van der Waals surface area contributed by atoms with Gasteiger partial charge >= 0.3 is 0 Å². The van der Waals surface area contributed by atoms with Crippen molar-refractivity contribution in [2.45, 2.75) is 77.3 Å². The first-order valence-electron chi connectivity index (χ1n) is 11.9. The van der Waals surface area contributed by atoms with Crippen molar-refractivity contribution in [2.24, 2.45) is 0 Å². The van der Waals surface area contributed by atoms with Crippen LogP contribution >= 0.6 is 11.6 Å². The molecule has 1 aliphatic carbocycles. The number of fused-ring (bicyclic) bond motifs is 1. The number of pyridine rings is 1. The summed E-state index contributed by atoms with van der Waals surface area (Å²) in [7, 11) is 4.18. The lowest BCUT2D eigenvalue weighted by Crippen LogP contribution is -2.46. The Balaban J connectivity index is 1.74. The van der Waals surface area contributed by atoms with E-state index in [2.05, 4.69) is 24.0 Å². The van der Waals surface area contributed by atoms with E-state index in [0.717, 1.165) is 42.5 Å². The van der Waals surface area contributed by atoms with Crippen LogP contribution in [0, 0.1) is 20.8 Å². The molecular weight excluding hydrogens is 454 g/mol. The molecule has 0 radical (unpaired) electrons. The molecule has 4 rings (SSSR count). The molecule has 0 spiro atoms. The average Bonchev–Trinajstić information content (AvgIpc) is 3.15. The standard InChI is InChI=1S/C26H34ClN3O4/c1-14-13-15(2)28-25(31)22(14)24(27)30(19-9-7-18(8-10-19)29(5)6)26(32)20-11-12-21-23(16(20)3)34-17(4)33-21/h11-13,17-19,24H,7-10H2,1-6H3,(H,28,31). The van der Waals surface area contributed by atoms with Crippen molar-refractivity contribution in [1.82, 2.24) is 14.8 Å². The van der Waals surface area contributed by atoms with E-state index in [9.17, 15) is 9.59 Å². The Hall–Kier alpha value is -2.51. The molecule has 8 heteroatoms. The Labute approximate surface area is 206 Å². The number of carbonyl (C=O) groups is 1. The average molecular weight is 488 g/mol. The minimum absolute atomic E-state index is 0.0740. The molecule has 1 fully saturated rings. The van der Waals surface area contributed by atoms with Crippen molar-refractivity contribution in [3.8, 4) is 11.5 Å². The van der Waals surface area contributed by atoms with E-state index in [0.29, 0.717) is 28.7 Å². The Bertz CT molecular complexity index is 1140. The van der Waals surface area contributed by atoms with Gasteiger partial charge in [-0.2, -0.15) is 0 Å². The molecule has 2 aliphatic rings. The summed E-state index contributed by atoms with van der Waals surface area (Å²) in [5.74, 6) is 1.02. The van der Waals surface area contributed by atoms with Gasteiger partial charge in [-0.15, -0.1) is 0 Å². The summed E-state index contributed by atoms with van der Waals surface area (Å²) in [6.07, 6.45) is 3.17. The normalized spacial score (nSPS) is 22.6. The number of aromatic amines is 1. The number of H-pyrrole nitrogens is 1. The molecule has 7 nitrogen and oxygen atoms in total. The highest BCUT2D eigenvalue weighted by molar-refractivity contribution is 6.22. The molecule has 2 heterocycles. The fourth-order valence-corrected chi connectivity index (χ4v) is 5.77. The number of hydrogen-bond acceptors (Lipinski definition) is 5. The number of aromatic nitrogens is 1. The van der Waals surface area contributed by atoms with Crippen LogP contribution in [-0.2, 0) is 0 Å². The summed E-state index contributed by atoms with van der Waals surface area (Å²) in [6, 6.07) is 5.83. The minimum Gasteiger partial charge on any atom is -0.451 e. The lowest BCUT2D eigenvalue weighted by Gasteiger charge is -2.41. The predicted octanol–water partition coefficient (Wildman–Crippen LogP) is 4.67. The van der Waals surface area contributed by atoms with Crippen LogP contribution in [0.5, 0.6) is 11.5 Å². The summed E-state index contributed by atoms with van der Waals surface area (Å²) in [6.45, 7) is 7.38. The number of nitrogens with one attached hydrogen (secondary N) is 1. The first kappa shape index (κ1) is 24.6. The van der Waals surface area contributed by atoms with Crippen LogP contribution in [0.3, 0.4) is 0 Å². The summed E-state index contributed by atoms with van der Waals surface area (Å²) in [4.78, 5) is 33.8. The number of ether oxygens (including phenoxy) is 2. The lowest BCUT2D eigenvalue weighted by atomic mass is 9.88. The fraction of sp³-hybridized carbons (Fsp3) is 0.538. The topological polar surface area (TPSA) is 74.9 Å². The summed E-state index contributed by atoms with van der Waals surface area (Å²) in [5.41, 5.74) is 2.05. The highest BCUT2D eigenvalue weighted by Crippen LogP contribution is 2.41. The Morgan fingerprint density at radius 3 is 2.35 bits per heavy atom. The molecule has 1 amide bonds. The molecule has 0 bridgehead atoms. The van der Waals surface area contributed by atoms with E-state index in [1.165, 1.54) is 0 Å². The Morgan fingerprint density at radius 1 is 1.09 bits per heavy atom. The number of benzene rings is 1. The second kappa shape index (κ2) is 9.62. The molecule has 1 aromatic heterocycles. The quantitative estimate of drug-likeness (QED) is 0.490. The van der Waals surface area contributed by atoms with Crippen molar-refractivity contribution < 1.29 is 14.3 Å². The largest absolute Gasteiger partial charge is 0.451 e. The van der Waals surface area contributed by atoms with Crippen LogP contribution in [-0.4, -0.2) is 53.2 Å². The molecule has 1 aromatic carbocycles. The molecular formula is C26H34ClN3O4. The number of alkyl halides is 1. The third-order valence-corrected chi connectivity index (χ3v) is 7.53. The third kappa shape index (κ3) is 4.56. The Kier molecular flexibility index (Phi) is 6.97. The van der Waals surface area contributed by atoms with Crippen molar-refractivity contribution in [3.63, 3.8) is 0 Å². The SMILES string of the molecule is Cc1cc(C)c(C(Cl)N(C(=O)c2ccc3c(c2C)OC(C)O3)C2CCC(N(C)C)CC2)c(=O)[nH]1. The van der Waals surface area contributed by atoms with Crippen LogP contribution in [0.15, 0.2) is 23.0 Å². The zero-order valence-electron chi connectivity index (χ0n) is 20.8. The van der Waals surface area contributed by atoms with Crippen molar-refractivity contribution >= 4 is 17.5 Å². The van der Waals surface area contributed by atoms with Gasteiger partial charge in [-0.25, -0.2) is 0 Å². The van der Waals surface area contributed by atoms with Gasteiger partial charge in [0.25, 0.3) is 11.5 Å². The number of carbonyl (C=O) groups excluding carboxylic acids is 1. The number of aryl methyl sites for hydroxylation is 2. The summed E-state index contributed by atoms with van der Waals surface area (Å²) < 4.78 is 11.5. The molecule has 2 unspecified atom stereocenters. The number of nitrogens with zero attached hydrogens (tertiary/aromatic N) is 2. The van der Waals surface area contributed by atoms with Gasteiger partial charge in [0.05, 0.1) is 5.56 Å². The second-order valence-corrected chi connectivity index (χ2v) is 10.1. The maximum absolute atomic E-state index is 14.1. The van der Waals surface area contributed by atoms with Gasteiger partial charge in [-0.3, -0.25) is 9.59 Å². The van der Waals surface area contributed by atoms with Crippen LogP contribution in [0.1, 0.15) is 70.9 Å². The van der Waals surface area contributed by atoms with E-state index in [4.69, 9.17) is 21.1 Å². The second-order valence-electron chi connectivity index (χ2n) is 9.72. The van der Waals surface area contributed by atoms with Crippen molar-refractivity contribution in [2.75, 3.05) is 14.1 Å². The van der Waals surface area contributed by atoms with Gasteiger partial charge in [0.1, 0.15) is 5.50 Å². The van der Waals surface area contributed by atoms with Gasteiger partial charge in [-0.1, -0.05) is 11.6 Å². The number of rotatable bonds is 5. The summed E-state index contributed by atoms with van der Waals surface area (Å²) in [5, 5.41) is 0. The van der Waals surface area contributed by atoms with E-state index < -0.39 is 11.8 Å². The molecule has 34 heavy (non-hydrogen) atoms. The first-order chi connectivity index (χ1) is 16.1. The van der Waals surface area contributed by atoms with E-state index in [1.54, 1.807) is 17.0 Å². The van der Waals surface area contributed by atoms with Crippen molar-refractivity contribution in [1.29, 1.82) is 0 Å². The third-order valence-electron chi connectivity index (χ3n) is 7.10. The lowest BCUT2D eigenvalue weighted by molar-refractivity contribution is 0.0546. The first-order valence-corrected chi connectivity index (χ1v) is 12.3. The highest BCUT2D eigenvalue weighted by atomic mass is 35.5. The predicted molar refractivity (Wildman–Crippen MR) is 133 cm³/mol. The van der Waals surface area contributed by atoms with Crippen LogP contribution in [0.4, 0.5) is 0 Å². The van der Waals surface area contributed by atoms with Gasteiger partial charge < -0.3 is 24.3 Å². The van der Waals surface area contributed by atoms with Gasteiger partial charge in [0.2, 0.25) is 6.29 Å². The molecule has 184 valence electrons. The molecule has 1 saturated carbocycles. The molecule has 0 saturated heterocycles. The fourth-order valence-electron chi connectivity index (χ4n) is 5.25. The monoisotopic (exact) mass is 487 g/mol. The van der Waals surface area contributed by atoms with E-state index in [1.807, 2.05) is 33.8 Å². The zero-order chi connectivity index (χ0) is 24.7. The molecule has 1 aliphatic heterocycles. The maximum Gasteiger partial charge on any atom is 0.255 e. The smallest absolute Gasteiger partial charge is 0.255 e. The van der Waals surface area contributed by atoms with Crippen molar-refractivity contribution in [3.05, 3.63) is 56.5 Å². The van der Waals surface area contributed by atoms with E-state index >= 15 is 0 Å². The number of hydrogen-bond donors (Lipinski definition) is 1. The number of halogens is 1. The molecule has 1 N–H and O–H groups in total.